The van der Waals surface area contributed by atoms with Crippen LogP contribution in [0.2, 0.25) is 0 Å². The second kappa shape index (κ2) is 13.4. The lowest BCUT2D eigenvalue weighted by Gasteiger charge is -2.35. The summed E-state index contributed by atoms with van der Waals surface area (Å²) in [7, 11) is 0. The van der Waals surface area contributed by atoms with Crippen LogP contribution in [0.4, 0.5) is 17.1 Å². The maximum atomic E-state index is 6.45. The molecule has 0 spiro atoms. The van der Waals surface area contributed by atoms with Crippen LogP contribution in [0.5, 0.6) is 0 Å². The summed E-state index contributed by atoms with van der Waals surface area (Å²) in [6, 6.07) is 81.2. The molecule has 1 aliphatic rings. The van der Waals surface area contributed by atoms with Crippen LogP contribution in [-0.4, -0.2) is 0 Å². The molecule has 0 atom stereocenters. The summed E-state index contributed by atoms with van der Waals surface area (Å²) in [5.74, 6) is 0. The molecule has 2 nitrogen and oxygen atoms in total. The van der Waals surface area contributed by atoms with Crippen molar-refractivity contribution in [2.45, 2.75) is 5.41 Å². The Morgan fingerprint density at radius 1 is 0.333 bits per heavy atom. The number of benzene rings is 9. The van der Waals surface area contributed by atoms with Gasteiger partial charge in [0.05, 0.1) is 5.41 Å². The summed E-state index contributed by atoms with van der Waals surface area (Å²) in [5.41, 5.74) is 16.8. The SMILES string of the molecule is c1ccc(-c2ccc(N(c3ccc(-c4cccc5c4oc4ccccc45)cc3)c3ccc4c(c3)C(c3ccccc3)(c3ccccc3)c3ccccc3-4)cc2)cc1. The smallest absolute Gasteiger partial charge is 0.143 e. The lowest BCUT2D eigenvalue weighted by molar-refractivity contribution is 0.670. The zero-order valence-corrected chi connectivity index (χ0v) is 31.2. The summed E-state index contributed by atoms with van der Waals surface area (Å²) < 4.78 is 6.45. The van der Waals surface area contributed by atoms with Crippen LogP contribution in [0.3, 0.4) is 0 Å². The highest BCUT2D eigenvalue weighted by molar-refractivity contribution is 6.09. The topological polar surface area (TPSA) is 16.4 Å². The van der Waals surface area contributed by atoms with Gasteiger partial charge < -0.3 is 9.32 Å². The van der Waals surface area contributed by atoms with Gasteiger partial charge >= 0.3 is 0 Å². The van der Waals surface area contributed by atoms with Crippen LogP contribution in [0, 0.1) is 0 Å². The fourth-order valence-electron chi connectivity index (χ4n) is 9.22. The molecule has 0 saturated heterocycles. The van der Waals surface area contributed by atoms with E-state index in [2.05, 4.69) is 217 Å². The summed E-state index contributed by atoms with van der Waals surface area (Å²) in [4.78, 5) is 2.39. The van der Waals surface area contributed by atoms with Crippen LogP contribution in [0.1, 0.15) is 22.3 Å². The fourth-order valence-corrected chi connectivity index (χ4v) is 9.22. The van der Waals surface area contributed by atoms with Crippen LogP contribution < -0.4 is 4.90 Å². The Balaban J connectivity index is 1.10. The van der Waals surface area contributed by atoms with E-state index < -0.39 is 5.41 Å². The second-order valence-corrected chi connectivity index (χ2v) is 14.8. The van der Waals surface area contributed by atoms with Crippen molar-refractivity contribution in [3.63, 3.8) is 0 Å². The van der Waals surface area contributed by atoms with Gasteiger partial charge in [-0.2, -0.15) is 0 Å². The van der Waals surface area contributed by atoms with E-state index in [0.29, 0.717) is 0 Å². The number of fused-ring (bicyclic) bond motifs is 6. The molecule has 1 aliphatic carbocycles. The molecule has 0 amide bonds. The highest BCUT2D eigenvalue weighted by Crippen LogP contribution is 2.57. The minimum absolute atomic E-state index is 0.498. The maximum Gasteiger partial charge on any atom is 0.143 e. The minimum Gasteiger partial charge on any atom is -0.455 e. The molecule has 1 heterocycles. The van der Waals surface area contributed by atoms with Gasteiger partial charge in [-0.05, 0) is 92.5 Å². The normalized spacial score (nSPS) is 12.7. The van der Waals surface area contributed by atoms with Crippen LogP contribution >= 0.6 is 0 Å². The van der Waals surface area contributed by atoms with E-state index in [0.717, 1.165) is 50.1 Å². The summed E-state index contributed by atoms with van der Waals surface area (Å²) in [5, 5.41) is 2.27. The van der Waals surface area contributed by atoms with Gasteiger partial charge in [0.1, 0.15) is 11.2 Å². The summed E-state index contributed by atoms with van der Waals surface area (Å²) in [6.07, 6.45) is 0. The third kappa shape index (κ3) is 5.26. The predicted octanol–water partition coefficient (Wildman–Crippen LogP) is 14.8. The van der Waals surface area contributed by atoms with Crippen LogP contribution in [0.25, 0.3) is 55.3 Å². The predicted molar refractivity (Wildman–Crippen MR) is 237 cm³/mol. The van der Waals surface area contributed by atoms with Crippen LogP contribution in [0.15, 0.2) is 229 Å². The number of rotatable bonds is 7. The summed E-state index contributed by atoms with van der Waals surface area (Å²) in [6.45, 7) is 0. The van der Waals surface area contributed by atoms with Gasteiger partial charge in [-0.1, -0.05) is 182 Å². The highest BCUT2D eigenvalue weighted by atomic mass is 16.3. The Bertz CT molecular complexity index is 3000. The number of hydrogen-bond donors (Lipinski definition) is 0. The molecule has 0 radical (unpaired) electrons. The van der Waals surface area contributed by atoms with E-state index in [1.807, 2.05) is 12.1 Å². The van der Waals surface area contributed by atoms with Gasteiger partial charge in [0, 0.05) is 33.4 Å². The zero-order valence-electron chi connectivity index (χ0n) is 31.2. The molecule has 2 heteroatoms. The minimum atomic E-state index is -0.498. The monoisotopic (exact) mass is 727 g/mol. The second-order valence-electron chi connectivity index (χ2n) is 14.8. The standard InChI is InChI=1S/C55H37NO/c1-4-15-38(16-5-1)39-27-31-43(32-28-39)56(44-33-29-40(30-34-44)46-23-14-24-50-49-22-11-13-26-53(49)57-54(46)50)45-35-36-48-47-21-10-12-25-51(47)55(52(48)37-45,41-17-6-2-7-18-41)42-19-8-3-9-20-42/h1-37H. The van der Waals surface area contributed by atoms with E-state index in [1.54, 1.807) is 0 Å². The number of anilines is 3. The van der Waals surface area contributed by atoms with E-state index in [1.165, 1.54) is 44.5 Å². The van der Waals surface area contributed by atoms with E-state index in [-0.39, 0.29) is 0 Å². The molecule has 1 aromatic heterocycles. The first-order valence-electron chi connectivity index (χ1n) is 19.6. The number of furan rings is 1. The molecule has 0 aliphatic heterocycles. The lowest BCUT2D eigenvalue weighted by Crippen LogP contribution is -2.28. The molecule has 268 valence electrons. The van der Waals surface area contributed by atoms with Gasteiger partial charge in [0.2, 0.25) is 0 Å². The van der Waals surface area contributed by atoms with Gasteiger partial charge in [0.25, 0.3) is 0 Å². The lowest BCUT2D eigenvalue weighted by atomic mass is 9.67. The van der Waals surface area contributed by atoms with Crippen molar-refractivity contribution in [1.82, 2.24) is 0 Å². The Labute approximate surface area is 332 Å². The van der Waals surface area contributed by atoms with Gasteiger partial charge in [-0.3, -0.25) is 0 Å². The first kappa shape index (κ1) is 33.0. The molecule has 0 fully saturated rings. The van der Waals surface area contributed by atoms with Crippen molar-refractivity contribution in [2.24, 2.45) is 0 Å². The van der Waals surface area contributed by atoms with Crippen molar-refractivity contribution >= 4 is 39.0 Å². The van der Waals surface area contributed by atoms with Crippen molar-refractivity contribution in [3.05, 3.63) is 247 Å². The third-order valence-electron chi connectivity index (χ3n) is 11.8. The largest absolute Gasteiger partial charge is 0.455 e. The molecular weight excluding hydrogens is 691 g/mol. The fraction of sp³-hybridized carbons (Fsp3) is 0.0182. The average molecular weight is 728 g/mol. The molecule has 0 saturated carbocycles. The molecule has 11 rings (SSSR count). The van der Waals surface area contributed by atoms with Crippen LogP contribution in [-0.2, 0) is 5.41 Å². The molecular formula is C55H37NO. The molecule has 9 aromatic carbocycles. The highest BCUT2D eigenvalue weighted by Gasteiger charge is 2.46. The molecule has 0 N–H and O–H groups in total. The first-order chi connectivity index (χ1) is 28.3. The summed E-state index contributed by atoms with van der Waals surface area (Å²) >= 11 is 0. The van der Waals surface area contributed by atoms with Gasteiger partial charge in [-0.15, -0.1) is 0 Å². The van der Waals surface area contributed by atoms with Gasteiger partial charge in [-0.25, -0.2) is 0 Å². The van der Waals surface area contributed by atoms with Crippen molar-refractivity contribution in [2.75, 3.05) is 4.90 Å². The quantitative estimate of drug-likeness (QED) is 0.163. The van der Waals surface area contributed by atoms with Crippen molar-refractivity contribution < 1.29 is 4.42 Å². The Morgan fingerprint density at radius 3 is 1.54 bits per heavy atom. The number of nitrogens with zero attached hydrogens (tertiary/aromatic N) is 1. The van der Waals surface area contributed by atoms with Gasteiger partial charge in [0.15, 0.2) is 0 Å². The molecule has 10 aromatic rings. The third-order valence-corrected chi connectivity index (χ3v) is 11.8. The number of hydrogen-bond acceptors (Lipinski definition) is 2. The maximum absolute atomic E-state index is 6.45. The van der Waals surface area contributed by atoms with E-state index >= 15 is 0 Å². The first-order valence-corrected chi connectivity index (χ1v) is 19.6. The van der Waals surface area contributed by atoms with E-state index in [9.17, 15) is 0 Å². The molecule has 0 bridgehead atoms. The van der Waals surface area contributed by atoms with Crippen molar-refractivity contribution in [1.29, 1.82) is 0 Å². The molecule has 0 unspecified atom stereocenters. The zero-order chi connectivity index (χ0) is 37.8. The average Bonchev–Trinajstić information content (AvgIpc) is 3.82. The Hall–Kier alpha value is -7.42. The molecule has 57 heavy (non-hydrogen) atoms. The Kier molecular flexibility index (Phi) is 7.75. The van der Waals surface area contributed by atoms with Crippen molar-refractivity contribution in [3.8, 4) is 33.4 Å². The number of para-hydroxylation sites is 2. The Morgan fingerprint density at radius 2 is 0.842 bits per heavy atom. The van der Waals surface area contributed by atoms with E-state index in [4.69, 9.17) is 4.42 Å².